The summed E-state index contributed by atoms with van der Waals surface area (Å²) in [6.45, 7) is 1.55. The van der Waals surface area contributed by atoms with Gasteiger partial charge >= 0.3 is 0 Å². The summed E-state index contributed by atoms with van der Waals surface area (Å²) in [5.74, 6) is 0.985. The standard InChI is InChI=1S/C16H26N2O2/c19-15(17-14-6-1-2-7-14)12-8-10-18(11-9-12)16(20)13-4-3-5-13/h12-14H,1-11H2,(H,17,19). The van der Waals surface area contributed by atoms with Crippen LogP contribution in [0.5, 0.6) is 0 Å². The molecule has 0 unspecified atom stereocenters. The SMILES string of the molecule is O=C(NC1CCCC1)C1CCN(C(=O)C2CCC2)CC1. The van der Waals surface area contributed by atoms with Crippen molar-refractivity contribution in [3.63, 3.8) is 0 Å². The van der Waals surface area contributed by atoms with Gasteiger partial charge in [0.1, 0.15) is 0 Å². The highest BCUT2D eigenvalue weighted by molar-refractivity contribution is 5.81. The Morgan fingerprint density at radius 1 is 0.800 bits per heavy atom. The normalized spacial score (nSPS) is 25.5. The topological polar surface area (TPSA) is 49.4 Å². The molecule has 0 aromatic rings. The number of likely N-dealkylation sites (tertiary alicyclic amines) is 1. The first kappa shape index (κ1) is 13.9. The van der Waals surface area contributed by atoms with E-state index in [1.54, 1.807) is 0 Å². The fourth-order valence-corrected chi connectivity index (χ4v) is 3.66. The van der Waals surface area contributed by atoms with Crippen LogP contribution >= 0.6 is 0 Å². The number of carbonyl (C=O) groups is 2. The van der Waals surface area contributed by atoms with Gasteiger partial charge in [0, 0.05) is 31.0 Å². The van der Waals surface area contributed by atoms with Crippen LogP contribution in [0.1, 0.15) is 57.8 Å². The fraction of sp³-hybridized carbons (Fsp3) is 0.875. The zero-order chi connectivity index (χ0) is 13.9. The molecule has 0 bridgehead atoms. The zero-order valence-corrected chi connectivity index (χ0v) is 12.3. The van der Waals surface area contributed by atoms with Crippen molar-refractivity contribution in [2.75, 3.05) is 13.1 Å². The van der Waals surface area contributed by atoms with Crippen LogP contribution in [0.25, 0.3) is 0 Å². The lowest BCUT2D eigenvalue weighted by molar-refractivity contribution is -0.141. The molecule has 0 aromatic carbocycles. The molecule has 3 rings (SSSR count). The van der Waals surface area contributed by atoms with Crippen LogP contribution in [0.2, 0.25) is 0 Å². The van der Waals surface area contributed by atoms with Crippen LogP contribution in [0.3, 0.4) is 0 Å². The average Bonchev–Trinajstić information content (AvgIpc) is 2.89. The van der Waals surface area contributed by atoms with E-state index >= 15 is 0 Å². The lowest BCUT2D eigenvalue weighted by Gasteiger charge is -2.36. The van der Waals surface area contributed by atoms with E-state index in [1.165, 1.54) is 19.3 Å². The predicted molar refractivity (Wildman–Crippen MR) is 77.0 cm³/mol. The van der Waals surface area contributed by atoms with E-state index in [0.717, 1.165) is 51.6 Å². The molecule has 0 radical (unpaired) electrons. The van der Waals surface area contributed by atoms with E-state index in [1.807, 2.05) is 4.90 Å². The Morgan fingerprint density at radius 2 is 1.45 bits per heavy atom. The van der Waals surface area contributed by atoms with Crippen molar-refractivity contribution < 1.29 is 9.59 Å². The van der Waals surface area contributed by atoms with E-state index in [-0.39, 0.29) is 11.8 Å². The van der Waals surface area contributed by atoms with Crippen LogP contribution in [0, 0.1) is 11.8 Å². The number of nitrogens with zero attached hydrogens (tertiary/aromatic N) is 1. The van der Waals surface area contributed by atoms with Gasteiger partial charge in [-0.05, 0) is 38.5 Å². The van der Waals surface area contributed by atoms with Crippen LogP contribution in [-0.2, 0) is 9.59 Å². The number of nitrogens with one attached hydrogen (secondary N) is 1. The first-order valence-electron chi connectivity index (χ1n) is 8.33. The van der Waals surface area contributed by atoms with Gasteiger partial charge in [0.2, 0.25) is 11.8 Å². The van der Waals surface area contributed by atoms with Crippen LogP contribution < -0.4 is 5.32 Å². The number of carbonyl (C=O) groups excluding carboxylic acids is 2. The predicted octanol–water partition coefficient (Wildman–Crippen LogP) is 2.08. The lowest BCUT2D eigenvalue weighted by Crippen LogP contribution is -2.47. The molecule has 2 amide bonds. The number of hydrogen-bond acceptors (Lipinski definition) is 2. The highest BCUT2D eigenvalue weighted by Gasteiger charge is 2.33. The molecular weight excluding hydrogens is 252 g/mol. The molecule has 112 valence electrons. The Hall–Kier alpha value is -1.06. The minimum absolute atomic E-state index is 0.126. The third-order valence-electron chi connectivity index (χ3n) is 5.33. The largest absolute Gasteiger partial charge is 0.353 e. The minimum Gasteiger partial charge on any atom is -0.353 e. The molecule has 2 aliphatic carbocycles. The van der Waals surface area contributed by atoms with Gasteiger partial charge in [-0.3, -0.25) is 9.59 Å². The Labute approximate surface area is 121 Å². The summed E-state index contributed by atoms with van der Waals surface area (Å²) >= 11 is 0. The summed E-state index contributed by atoms with van der Waals surface area (Å²) in [7, 11) is 0. The van der Waals surface area contributed by atoms with Gasteiger partial charge in [-0.15, -0.1) is 0 Å². The number of hydrogen-bond donors (Lipinski definition) is 1. The Bertz CT molecular complexity index is 365. The highest BCUT2D eigenvalue weighted by Crippen LogP contribution is 2.30. The quantitative estimate of drug-likeness (QED) is 0.859. The van der Waals surface area contributed by atoms with E-state index in [0.29, 0.717) is 17.9 Å². The summed E-state index contributed by atoms with van der Waals surface area (Å²) in [5, 5.41) is 3.20. The van der Waals surface area contributed by atoms with Crippen LogP contribution in [0.15, 0.2) is 0 Å². The fourth-order valence-electron chi connectivity index (χ4n) is 3.66. The molecule has 2 saturated carbocycles. The highest BCUT2D eigenvalue weighted by atomic mass is 16.2. The van der Waals surface area contributed by atoms with Crippen molar-refractivity contribution in [1.82, 2.24) is 10.2 Å². The molecule has 3 aliphatic rings. The number of piperidine rings is 1. The molecule has 1 saturated heterocycles. The molecule has 0 atom stereocenters. The first-order chi connectivity index (χ1) is 9.74. The second-order valence-corrected chi connectivity index (χ2v) is 6.72. The third-order valence-corrected chi connectivity index (χ3v) is 5.33. The molecule has 1 aliphatic heterocycles. The molecule has 20 heavy (non-hydrogen) atoms. The Balaban J connectivity index is 1.43. The first-order valence-corrected chi connectivity index (χ1v) is 8.33. The summed E-state index contributed by atoms with van der Waals surface area (Å²) in [6, 6.07) is 0.414. The van der Waals surface area contributed by atoms with Crippen molar-refractivity contribution in [3.05, 3.63) is 0 Å². The maximum atomic E-state index is 12.2. The monoisotopic (exact) mass is 278 g/mol. The molecular formula is C16H26N2O2. The van der Waals surface area contributed by atoms with Crippen molar-refractivity contribution in [1.29, 1.82) is 0 Å². The zero-order valence-electron chi connectivity index (χ0n) is 12.3. The summed E-state index contributed by atoms with van der Waals surface area (Å²) in [6.07, 6.45) is 9.82. The van der Waals surface area contributed by atoms with E-state index in [9.17, 15) is 9.59 Å². The minimum atomic E-state index is 0.126. The third kappa shape index (κ3) is 2.99. The smallest absolute Gasteiger partial charge is 0.225 e. The van der Waals surface area contributed by atoms with Gasteiger partial charge < -0.3 is 10.2 Å². The summed E-state index contributed by atoms with van der Waals surface area (Å²) in [5.41, 5.74) is 0. The van der Waals surface area contributed by atoms with Crippen molar-refractivity contribution in [2.24, 2.45) is 11.8 Å². The summed E-state index contributed by atoms with van der Waals surface area (Å²) < 4.78 is 0. The molecule has 0 aromatic heterocycles. The van der Waals surface area contributed by atoms with E-state index < -0.39 is 0 Å². The van der Waals surface area contributed by atoms with Gasteiger partial charge in [0.05, 0.1) is 0 Å². The van der Waals surface area contributed by atoms with E-state index in [4.69, 9.17) is 0 Å². The van der Waals surface area contributed by atoms with Crippen molar-refractivity contribution >= 4 is 11.8 Å². The maximum absolute atomic E-state index is 12.2. The Kier molecular flexibility index (Phi) is 4.27. The molecule has 4 heteroatoms. The summed E-state index contributed by atoms with van der Waals surface area (Å²) in [4.78, 5) is 26.4. The molecule has 1 N–H and O–H groups in total. The second kappa shape index (κ2) is 6.15. The number of amides is 2. The molecule has 4 nitrogen and oxygen atoms in total. The molecule has 0 spiro atoms. The van der Waals surface area contributed by atoms with Gasteiger partial charge in [-0.1, -0.05) is 19.3 Å². The van der Waals surface area contributed by atoms with Crippen LogP contribution in [-0.4, -0.2) is 35.8 Å². The van der Waals surface area contributed by atoms with E-state index in [2.05, 4.69) is 5.32 Å². The second-order valence-electron chi connectivity index (χ2n) is 6.72. The maximum Gasteiger partial charge on any atom is 0.225 e. The Morgan fingerprint density at radius 3 is 2.00 bits per heavy atom. The lowest BCUT2D eigenvalue weighted by atomic mass is 9.83. The van der Waals surface area contributed by atoms with Crippen molar-refractivity contribution in [3.8, 4) is 0 Å². The molecule has 1 heterocycles. The number of rotatable bonds is 3. The average molecular weight is 278 g/mol. The molecule has 3 fully saturated rings. The van der Waals surface area contributed by atoms with Crippen LogP contribution in [0.4, 0.5) is 0 Å². The van der Waals surface area contributed by atoms with Crippen molar-refractivity contribution in [2.45, 2.75) is 63.8 Å². The van der Waals surface area contributed by atoms with Gasteiger partial charge in [-0.25, -0.2) is 0 Å². The van der Waals surface area contributed by atoms with Gasteiger partial charge in [-0.2, -0.15) is 0 Å². The van der Waals surface area contributed by atoms with Gasteiger partial charge in [0.25, 0.3) is 0 Å². The van der Waals surface area contributed by atoms with Gasteiger partial charge in [0.15, 0.2) is 0 Å².